The van der Waals surface area contributed by atoms with Crippen molar-refractivity contribution in [3.8, 4) is 5.75 Å². The lowest BCUT2D eigenvalue weighted by Crippen LogP contribution is -3.16. The summed E-state index contributed by atoms with van der Waals surface area (Å²) >= 11 is 0. The van der Waals surface area contributed by atoms with E-state index in [4.69, 9.17) is 4.74 Å². The number of methoxy groups -OCH3 is 1. The van der Waals surface area contributed by atoms with Gasteiger partial charge in [0.05, 0.1) is 33.3 Å². The molecule has 2 atom stereocenters. The Kier molecular flexibility index (Phi) is 6.19. The molecule has 2 N–H and O–H groups in total. The monoisotopic (exact) mass is 346 g/mol. The summed E-state index contributed by atoms with van der Waals surface area (Å²) in [6.45, 7) is 6.90. The van der Waals surface area contributed by atoms with E-state index in [0.29, 0.717) is 18.5 Å². The summed E-state index contributed by atoms with van der Waals surface area (Å²) in [6, 6.07) is 8.63. The number of nitrogens with one attached hydrogen (secondary N) is 2. The number of quaternary nitrogens is 1. The number of hydrogen-bond acceptors (Lipinski definition) is 3. The minimum Gasteiger partial charge on any atom is -0.497 e. The number of amides is 1. The van der Waals surface area contributed by atoms with Crippen molar-refractivity contribution in [2.75, 3.05) is 44.7 Å². The highest BCUT2D eigenvalue weighted by molar-refractivity contribution is 5.77. The fourth-order valence-electron chi connectivity index (χ4n) is 4.07. The van der Waals surface area contributed by atoms with Crippen LogP contribution in [0.2, 0.25) is 0 Å². The third kappa shape index (κ3) is 4.88. The van der Waals surface area contributed by atoms with Crippen LogP contribution in [0.25, 0.3) is 0 Å². The van der Waals surface area contributed by atoms with E-state index < -0.39 is 0 Å². The molecule has 3 rings (SSSR count). The molecule has 1 aromatic carbocycles. The fourth-order valence-corrected chi connectivity index (χ4v) is 4.07. The zero-order valence-electron chi connectivity index (χ0n) is 15.6. The van der Waals surface area contributed by atoms with Crippen LogP contribution in [0.15, 0.2) is 24.3 Å². The second-order valence-corrected chi connectivity index (χ2v) is 7.55. The molecular formula is C20H32N3O2+. The van der Waals surface area contributed by atoms with Gasteiger partial charge in [0, 0.05) is 11.7 Å². The zero-order valence-corrected chi connectivity index (χ0v) is 15.6. The summed E-state index contributed by atoms with van der Waals surface area (Å²) in [5, 5.41) is 3.28. The summed E-state index contributed by atoms with van der Waals surface area (Å²) in [5.41, 5.74) is 1.24. The second-order valence-electron chi connectivity index (χ2n) is 7.55. The lowest BCUT2D eigenvalue weighted by Gasteiger charge is -2.34. The van der Waals surface area contributed by atoms with Crippen molar-refractivity contribution < 1.29 is 14.4 Å². The van der Waals surface area contributed by atoms with Crippen LogP contribution in [0, 0.1) is 5.92 Å². The third-order valence-electron chi connectivity index (χ3n) is 5.78. The fraction of sp³-hybridized carbons (Fsp3) is 0.650. The summed E-state index contributed by atoms with van der Waals surface area (Å²) in [7, 11) is 1.69. The van der Waals surface area contributed by atoms with Crippen LogP contribution >= 0.6 is 0 Å². The topological polar surface area (TPSA) is 46.0 Å². The number of benzene rings is 1. The quantitative estimate of drug-likeness (QED) is 0.839. The first-order valence-corrected chi connectivity index (χ1v) is 9.67. The largest absolute Gasteiger partial charge is 0.497 e. The molecule has 1 aliphatic carbocycles. The maximum Gasteiger partial charge on any atom is 0.275 e. The zero-order chi connectivity index (χ0) is 17.6. The molecule has 1 amide bonds. The molecule has 1 aromatic rings. The Bertz CT molecular complexity index is 553. The van der Waals surface area contributed by atoms with E-state index in [0.717, 1.165) is 38.3 Å². The van der Waals surface area contributed by atoms with E-state index in [9.17, 15) is 4.79 Å². The number of ether oxygens (including phenoxy) is 1. The minimum atomic E-state index is 0.228. The van der Waals surface area contributed by atoms with Gasteiger partial charge in [-0.1, -0.05) is 19.8 Å². The maximum atomic E-state index is 12.4. The lowest BCUT2D eigenvalue weighted by atomic mass is 9.86. The first-order chi connectivity index (χ1) is 12.2. The van der Waals surface area contributed by atoms with Crippen LogP contribution in [0.3, 0.4) is 0 Å². The van der Waals surface area contributed by atoms with Gasteiger partial charge in [-0.05, 0) is 43.0 Å². The van der Waals surface area contributed by atoms with Crippen LogP contribution in [-0.4, -0.2) is 51.8 Å². The average Bonchev–Trinajstić information content (AvgIpc) is 2.64. The Morgan fingerprint density at radius 3 is 2.52 bits per heavy atom. The highest BCUT2D eigenvalue weighted by Crippen LogP contribution is 2.23. The van der Waals surface area contributed by atoms with Crippen molar-refractivity contribution >= 4 is 11.6 Å². The van der Waals surface area contributed by atoms with Gasteiger partial charge in [0.15, 0.2) is 6.54 Å². The molecule has 2 aliphatic rings. The molecule has 1 saturated carbocycles. The Labute approximate surface area is 151 Å². The van der Waals surface area contributed by atoms with Gasteiger partial charge in [-0.25, -0.2) is 0 Å². The molecule has 5 heteroatoms. The molecule has 138 valence electrons. The summed E-state index contributed by atoms with van der Waals surface area (Å²) in [4.78, 5) is 16.2. The molecule has 0 bridgehead atoms. The Morgan fingerprint density at radius 1 is 1.20 bits per heavy atom. The predicted octanol–water partition coefficient (Wildman–Crippen LogP) is 1.10. The van der Waals surface area contributed by atoms with Crippen molar-refractivity contribution in [2.24, 2.45) is 5.92 Å². The van der Waals surface area contributed by atoms with Crippen molar-refractivity contribution in [2.45, 2.75) is 38.6 Å². The first-order valence-electron chi connectivity index (χ1n) is 9.67. The number of nitrogens with zero attached hydrogens (tertiary/aromatic N) is 1. The first kappa shape index (κ1) is 18.1. The molecule has 5 nitrogen and oxygen atoms in total. The Hall–Kier alpha value is -1.75. The van der Waals surface area contributed by atoms with Gasteiger partial charge in [0.2, 0.25) is 0 Å². The number of carbonyl (C=O) groups excluding carboxylic acids is 1. The van der Waals surface area contributed by atoms with E-state index >= 15 is 0 Å². The van der Waals surface area contributed by atoms with Crippen LogP contribution < -0.4 is 19.9 Å². The number of carbonyl (C=O) groups is 1. The molecule has 25 heavy (non-hydrogen) atoms. The molecule has 1 saturated heterocycles. The van der Waals surface area contributed by atoms with Gasteiger partial charge in [0.25, 0.3) is 5.91 Å². The van der Waals surface area contributed by atoms with Crippen molar-refractivity contribution in [1.82, 2.24) is 5.32 Å². The number of anilines is 1. The summed E-state index contributed by atoms with van der Waals surface area (Å²) in [6.07, 6.45) is 4.96. The molecule has 0 unspecified atom stereocenters. The highest BCUT2D eigenvalue weighted by atomic mass is 16.5. The van der Waals surface area contributed by atoms with E-state index in [1.165, 1.54) is 29.8 Å². The SMILES string of the molecule is COc1ccc(N2CC[NH+](CC(=O)N[C@@H]3CCCC[C@H]3C)CC2)cc1. The maximum absolute atomic E-state index is 12.4. The molecular weight excluding hydrogens is 314 g/mol. The summed E-state index contributed by atoms with van der Waals surface area (Å²) in [5.74, 6) is 1.74. The average molecular weight is 346 g/mol. The number of piperazine rings is 1. The van der Waals surface area contributed by atoms with E-state index in [2.05, 4.69) is 29.3 Å². The smallest absolute Gasteiger partial charge is 0.275 e. The Morgan fingerprint density at radius 2 is 1.88 bits per heavy atom. The molecule has 0 aromatic heterocycles. The molecule has 0 radical (unpaired) electrons. The van der Waals surface area contributed by atoms with E-state index in [1.54, 1.807) is 7.11 Å². The molecule has 1 aliphatic heterocycles. The van der Waals surface area contributed by atoms with Gasteiger partial charge in [0.1, 0.15) is 5.75 Å². The normalized spacial score (nSPS) is 24.8. The minimum absolute atomic E-state index is 0.228. The lowest BCUT2D eigenvalue weighted by molar-refractivity contribution is -0.892. The van der Waals surface area contributed by atoms with Gasteiger partial charge in [-0.3, -0.25) is 4.79 Å². The van der Waals surface area contributed by atoms with Crippen molar-refractivity contribution in [3.05, 3.63) is 24.3 Å². The molecule has 0 spiro atoms. The molecule has 2 fully saturated rings. The standard InChI is InChI=1S/C20H31N3O2/c1-16-5-3-4-6-19(16)21-20(24)15-22-11-13-23(14-12-22)17-7-9-18(25-2)10-8-17/h7-10,16,19H,3-6,11-15H2,1-2H3,(H,21,24)/p+1/t16-,19-/m1/s1. The van der Waals surface area contributed by atoms with Crippen molar-refractivity contribution in [3.63, 3.8) is 0 Å². The van der Waals surface area contributed by atoms with E-state index in [-0.39, 0.29) is 5.91 Å². The third-order valence-corrected chi connectivity index (χ3v) is 5.78. The molecule has 1 heterocycles. The van der Waals surface area contributed by atoms with Gasteiger partial charge in [-0.15, -0.1) is 0 Å². The van der Waals surface area contributed by atoms with Gasteiger partial charge < -0.3 is 19.9 Å². The predicted molar refractivity (Wildman–Crippen MR) is 100 cm³/mol. The Balaban J connectivity index is 1.43. The highest BCUT2D eigenvalue weighted by Gasteiger charge is 2.26. The van der Waals surface area contributed by atoms with Crippen LogP contribution in [0.1, 0.15) is 32.6 Å². The van der Waals surface area contributed by atoms with Gasteiger partial charge >= 0.3 is 0 Å². The number of rotatable bonds is 5. The van der Waals surface area contributed by atoms with Crippen LogP contribution in [0.4, 0.5) is 5.69 Å². The van der Waals surface area contributed by atoms with Crippen molar-refractivity contribution in [1.29, 1.82) is 0 Å². The summed E-state index contributed by atoms with van der Waals surface area (Å²) < 4.78 is 5.22. The second kappa shape index (κ2) is 8.56. The van der Waals surface area contributed by atoms with E-state index in [1.807, 2.05) is 12.1 Å². The number of hydrogen-bond donors (Lipinski definition) is 2. The van der Waals surface area contributed by atoms with Gasteiger partial charge in [-0.2, -0.15) is 0 Å². The van der Waals surface area contributed by atoms with Crippen LogP contribution in [0.5, 0.6) is 5.75 Å². The van der Waals surface area contributed by atoms with Crippen LogP contribution in [-0.2, 0) is 4.79 Å².